The van der Waals surface area contributed by atoms with Gasteiger partial charge in [-0.25, -0.2) is 0 Å². The van der Waals surface area contributed by atoms with Crippen molar-refractivity contribution in [3.8, 4) is 0 Å². The van der Waals surface area contributed by atoms with Crippen LogP contribution in [-0.2, 0) is 20.8 Å². The predicted octanol–water partition coefficient (Wildman–Crippen LogP) is 3.64. The summed E-state index contributed by atoms with van der Waals surface area (Å²) >= 11 is 0. The number of fused-ring (bicyclic) bond motifs is 2. The van der Waals surface area contributed by atoms with E-state index in [0.29, 0.717) is 5.92 Å². The van der Waals surface area contributed by atoms with Crippen molar-refractivity contribution in [1.29, 1.82) is 0 Å². The predicted molar refractivity (Wildman–Crippen MR) is 103 cm³/mol. The molecule has 2 aliphatic heterocycles. The molecule has 7 atom stereocenters. The van der Waals surface area contributed by atoms with E-state index in [0.717, 1.165) is 19.5 Å². The molecule has 4 heteroatoms. The zero-order chi connectivity index (χ0) is 18.8. The van der Waals surface area contributed by atoms with Gasteiger partial charge < -0.3 is 14.4 Å². The fraction of sp³-hybridized carbons (Fsp3) is 0.696. The lowest BCUT2D eigenvalue weighted by Crippen LogP contribution is -2.54. The quantitative estimate of drug-likeness (QED) is 0.600. The number of nitrogens with zero attached hydrogens (tertiary/aromatic N) is 1. The number of carbonyl (C=O) groups excluding carboxylic acids is 1. The Morgan fingerprint density at radius 1 is 1.26 bits per heavy atom. The molecule has 4 nitrogen and oxygen atoms in total. The van der Waals surface area contributed by atoms with Crippen LogP contribution in [0.1, 0.15) is 45.1 Å². The second kappa shape index (κ2) is 6.05. The van der Waals surface area contributed by atoms with Gasteiger partial charge in [-0.1, -0.05) is 50.6 Å². The average molecular weight is 370 g/mol. The maximum absolute atomic E-state index is 12.8. The zero-order valence-electron chi connectivity index (χ0n) is 16.7. The van der Waals surface area contributed by atoms with Crippen molar-refractivity contribution in [3.05, 3.63) is 35.9 Å². The number of epoxide rings is 1. The minimum absolute atomic E-state index is 0.00333. The summed E-state index contributed by atoms with van der Waals surface area (Å²) in [5, 5.41) is 0. The minimum atomic E-state index is -0.0632. The van der Waals surface area contributed by atoms with Gasteiger partial charge in [0.15, 0.2) is 0 Å². The lowest BCUT2D eigenvalue weighted by molar-refractivity contribution is -0.146. The third kappa shape index (κ3) is 2.52. The van der Waals surface area contributed by atoms with Crippen molar-refractivity contribution < 1.29 is 14.3 Å². The van der Waals surface area contributed by atoms with Crippen LogP contribution in [0.15, 0.2) is 30.3 Å². The van der Waals surface area contributed by atoms with Crippen molar-refractivity contribution in [2.45, 2.75) is 63.9 Å². The highest BCUT2D eigenvalue weighted by Crippen LogP contribution is 2.70. The van der Waals surface area contributed by atoms with Crippen molar-refractivity contribution >= 4 is 5.97 Å². The number of hydrogen-bond donors (Lipinski definition) is 0. The summed E-state index contributed by atoms with van der Waals surface area (Å²) in [6.45, 7) is 6.33. The first-order valence-electron chi connectivity index (χ1n) is 10.6. The van der Waals surface area contributed by atoms with E-state index in [9.17, 15) is 4.79 Å². The second-order valence-corrected chi connectivity index (χ2v) is 9.73. The zero-order valence-corrected chi connectivity index (χ0v) is 16.7. The highest BCUT2D eigenvalue weighted by Gasteiger charge is 2.78. The topological polar surface area (TPSA) is 42.1 Å². The first-order chi connectivity index (χ1) is 12.9. The fourth-order valence-electron chi connectivity index (χ4n) is 6.74. The Hall–Kier alpha value is -1.39. The number of rotatable bonds is 4. The molecule has 1 aromatic carbocycles. The third-order valence-electron chi connectivity index (χ3n) is 8.00. The van der Waals surface area contributed by atoms with Crippen LogP contribution < -0.4 is 0 Å². The average Bonchev–Trinajstić information content (AvgIpc) is 3.31. The first kappa shape index (κ1) is 17.7. The van der Waals surface area contributed by atoms with Crippen molar-refractivity contribution in [2.24, 2.45) is 23.2 Å². The fourth-order valence-corrected chi connectivity index (χ4v) is 6.74. The summed E-state index contributed by atoms with van der Waals surface area (Å²) in [5.41, 5.74) is 1.44. The normalized spacial score (nSPS) is 45.0. The van der Waals surface area contributed by atoms with Gasteiger partial charge in [0.2, 0.25) is 0 Å². The monoisotopic (exact) mass is 369 g/mol. The summed E-state index contributed by atoms with van der Waals surface area (Å²) < 4.78 is 12.5. The van der Waals surface area contributed by atoms with Crippen molar-refractivity contribution in [2.75, 3.05) is 13.6 Å². The van der Waals surface area contributed by atoms with E-state index in [4.69, 9.17) is 9.47 Å². The third-order valence-corrected chi connectivity index (χ3v) is 8.00. The Kier molecular flexibility index (Phi) is 3.97. The van der Waals surface area contributed by atoms with Gasteiger partial charge in [0, 0.05) is 24.4 Å². The Morgan fingerprint density at radius 2 is 2.04 bits per heavy atom. The molecule has 1 spiro atoms. The highest BCUT2D eigenvalue weighted by atomic mass is 16.6. The Bertz CT molecular complexity index is 736. The van der Waals surface area contributed by atoms with E-state index in [1.807, 2.05) is 6.07 Å². The summed E-state index contributed by atoms with van der Waals surface area (Å²) in [6, 6.07) is 10.5. The molecule has 0 unspecified atom stereocenters. The molecule has 2 saturated heterocycles. The molecule has 2 heterocycles. The molecule has 5 rings (SSSR count). The number of carbonyl (C=O) groups is 1. The molecular weight excluding hydrogens is 338 g/mol. The number of esters is 1. The van der Waals surface area contributed by atoms with Gasteiger partial charge >= 0.3 is 5.97 Å². The maximum atomic E-state index is 12.8. The van der Waals surface area contributed by atoms with Crippen molar-refractivity contribution in [1.82, 2.24) is 4.90 Å². The Balaban J connectivity index is 1.35. The number of hydrogen-bond acceptors (Lipinski definition) is 4. The van der Waals surface area contributed by atoms with Crippen LogP contribution in [0.25, 0.3) is 0 Å². The summed E-state index contributed by atoms with van der Waals surface area (Å²) in [4.78, 5) is 15.0. The summed E-state index contributed by atoms with van der Waals surface area (Å²) in [6.07, 6.45) is 4.94. The standard InChI is InChI=1S/C23H31NO3/c1-15-8-7-11-22(2)12-18-19(20-23(15,22)27-20)17(21(25)26-18)14-24(3)13-16-9-5-4-6-10-16/h4-6,9-10,15,17-20H,7-8,11-14H2,1-3H3/t15-,17+,18-,19+,20+,22+,23-/m1/s1. The molecule has 4 aliphatic rings. The minimum Gasteiger partial charge on any atom is -0.462 e. The Labute approximate surface area is 162 Å². The van der Waals surface area contributed by atoms with Gasteiger partial charge in [-0.05, 0) is 37.8 Å². The molecule has 0 radical (unpaired) electrons. The molecule has 0 amide bonds. The van der Waals surface area contributed by atoms with Gasteiger partial charge in [-0.3, -0.25) is 4.79 Å². The molecule has 27 heavy (non-hydrogen) atoms. The van der Waals surface area contributed by atoms with Gasteiger partial charge in [-0.2, -0.15) is 0 Å². The maximum Gasteiger partial charge on any atom is 0.311 e. The molecule has 0 aromatic heterocycles. The summed E-state index contributed by atoms with van der Waals surface area (Å²) in [7, 11) is 2.10. The molecule has 4 fully saturated rings. The lowest BCUT2D eigenvalue weighted by atomic mass is 9.53. The summed E-state index contributed by atoms with van der Waals surface area (Å²) in [5.74, 6) is 0.738. The van der Waals surface area contributed by atoms with Crippen LogP contribution in [0, 0.1) is 23.2 Å². The molecular formula is C23H31NO3. The van der Waals surface area contributed by atoms with Crippen LogP contribution in [0.4, 0.5) is 0 Å². The van der Waals surface area contributed by atoms with E-state index in [-0.39, 0.29) is 41.0 Å². The van der Waals surface area contributed by atoms with Crippen LogP contribution in [0.5, 0.6) is 0 Å². The van der Waals surface area contributed by atoms with Crippen LogP contribution in [0.2, 0.25) is 0 Å². The van der Waals surface area contributed by atoms with Crippen LogP contribution in [0.3, 0.4) is 0 Å². The van der Waals surface area contributed by atoms with Gasteiger partial charge in [-0.15, -0.1) is 0 Å². The van der Waals surface area contributed by atoms with E-state index in [1.54, 1.807) is 0 Å². The van der Waals surface area contributed by atoms with Gasteiger partial charge in [0.1, 0.15) is 11.7 Å². The van der Waals surface area contributed by atoms with Gasteiger partial charge in [0.05, 0.1) is 12.0 Å². The first-order valence-corrected chi connectivity index (χ1v) is 10.6. The molecule has 0 N–H and O–H groups in total. The van der Waals surface area contributed by atoms with E-state index >= 15 is 0 Å². The largest absolute Gasteiger partial charge is 0.462 e. The molecule has 2 aliphatic carbocycles. The lowest BCUT2D eigenvalue weighted by Gasteiger charge is -2.49. The second-order valence-electron chi connectivity index (χ2n) is 9.73. The molecule has 1 aromatic rings. The number of ether oxygens (including phenoxy) is 2. The van der Waals surface area contributed by atoms with E-state index in [1.165, 1.54) is 24.8 Å². The highest BCUT2D eigenvalue weighted by molar-refractivity contribution is 5.76. The van der Waals surface area contributed by atoms with Crippen LogP contribution in [-0.4, -0.2) is 42.3 Å². The van der Waals surface area contributed by atoms with Crippen molar-refractivity contribution in [3.63, 3.8) is 0 Å². The molecule has 2 saturated carbocycles. The molecule has 146 valence electrons. The number of benzene rings is 1. The van der Waals surface area contributed by atoms with E-state index in [2.05, 4.69) is 50.1 Å². The SMILES string of the molecule is C[C@@H]1CCC[C@@]2(C)C[C@H]3OC(=O)[C@@H](CN(C)Cc4ccccc4)[C@@H]3[C@@H]3O[C@]132. The smallest absolute Gasteiger partial charge is 0.311 e. The van der Waals surface area contributed by atoms with Gasteiger partial charge in [0.25, 0.3) is 0 Å². The van der Waals surface area contributed by atoms with Crippen LogP contribution >= 0.6 is 0 Å². The van der Waals surface area contributed by atoms with E-state index < -0.39 is 0 Å². The molecule has 0 bridgehead atoms. The Morgan fingerprint density at radius 3 is 2.81 bits per heavy atom.